The summed E-state index contributed by atoms with van der Waals surface area (Å²) in [5.41, 5.74) is -0.157. The second kappa shape index (κ2) is 5.80. The number of pyridine rings is 1. The van der Waals surface area contributed by atoms with Gasteiger partial charge in [-0.05, 0) is 23.8 Å². The van der Waals surface area contributed by atoms with Crippen LogP contribution in [0.1, 0.15) is 11.1 Å². The van der Waals surface area contributed by atoms with Crippen molar-refractivity contribution in [3.8, 4) is 17.6 Å². The second-order valence-corrected chi connectivity index (χ2v) is 4.29. The Kier molecular flexibility index (Phi) is 3.90. The maximum atomic E-state index is 11.2. The number of nitriles is 1. The van der Waals surface area contributed by atoms with Crippen molar-refractivity contribution < 1.29 is 19.9 Å². The van der Waals surface area contributed by atoms with E-state index >= 15 is 0 Å². The van der Waals surface area contributed by atoms with Crippen molar-refractivity contribution in [1.82, 2.24) is 0 Å². The highest BCUT2D eigenvalue weighted by Gasteiger charge is 2.18. The number of phenolic OH excluding ortho intramolecular Hbond substituents is 2. The van der Waals surface area contributed by atoms with Crippen LogP contribution >= 0.6 is 0 Å². The predicted octanol–water partition coefficient (Wildman–Crippen LogP) is 1.70. The standard InChI is InChI=1S/C14H9N3O5/c15-7-11(10-2-1-3-16(20)8-10)4-9-5-12(17(21)22)14(19)13(18)6-9/h1-6,8,18-19H/b11-4+. The minimum atomic E-state index is -0.855. The van der Waals surface area contributed by atoms with E-state index in [0.29, 0.717) is 10.3 Å². The van der Waals surface area contributed by atoms with Crippen molar-refractivity contribution >= 4 is 17.3 Å². The average Bonchev–Trinajstić information content (AvgIpc) is 2.47. The van der Waals surface area contributed by atoms with Crippen molar-refractivity contribution in [3.05, 3.63) is 63.1 Å². The van der Waals surface area contributed by atoms with Crippen LogP contribution in [0.5, 0.6) is 11.5 Å². The zero-order valence-corrected chi connectivity index (χ0v) is 11.0. The van der Waals surface area contributed by atoms with Gasteiger partial charge in [0, 0.05) is 12.1 Å². The Morgan fingerprint density at radius 2 is 2.14 bits per heavy atom. The van der Waals surface area contributed by atoms with Gasteiger partial charge in [0.1, 0.15) is 6.07 Å². The molecule has 1 aromatic carbocycles. The van der Waals surface area contributed by atoms with E-state index in [2.05, 4.69) is 0 Å². The molecule has 8 nitrogen and oxygen atoms in total. The molecule has 0 saturated heterocycles. The van der Waals surface area contributed by atoms with Crippen LogP contribution in [0.2, 0.25) is 0 Å². The van der Waals surface area contributed by atoms with Crippen molar-refractivity contribution in [2.24, 2.45) is 0 Å². The summed E-state index contributed by atoms with van der Waals surface area (Å²) in [7, 11) is 0. The Labute approximate surface area is 124 Å². The fraction of sp³-hybridized carbons (Fsp3) is 0. The van der Waals surface area contributed by atoms with Crippen molar-refractivity contribution in [2.75, 3.05) is 0 Å². The first-order valence-electron chi connectivity index (χ1n) is 5.93. The molecule has 0 aliphatic rings. The summed E-state index contributed by atoms with van der Waals surface area (Å²) in [5, 5.41) is 50.1. The third kappa shape index (κ3) is 2.94. The SMILES string of the molecule is N#C/C(=C\c1cc(O)c(O)c([N+](=O)[O-])c1)c1ccc[n+]([O-])c1. The molecule has 1 heterocycles. The van der Waals surface area contributed by atoms with Crippen LogP contribution in [0, 0.1) is 26.7 Å². The molecule has 2 N–H and O–H groups in total. The third-order valence-electron chi connectivity index (χ3n) is 2.81. The van der Waals surface area contributed by atoms with Crippen LogP contribution in [0.4, 0.5) is 5.69 Å². The van der Waals surface area contributed by atoms with Crippen LogP contribution in [0.3, 0.4) is 0 Å². The van der Waals surface area contributed by atoms with E-state index in [0.717, 1.165) is 12.1 Å². The molecular formula is C14H9N3O5. The monoisotopic (exact) mass is 299 g/mol. The summed E-state index contributed by atoms with van der Waals surface area (Å²) >= 11 is 0. The summed E-state index contributed by atoms with van der Waals surface area (Å²) in [6, 6.07) is 6.94. The van der Waals surface area contributed by atoms with E-state index in [-0.39, 0.29) is 11.1 Å². The lowest BCUT2D eigenvalue weighted by Gasteiger charge is -2.03. The van der Waals surface area contributed by atoms with Crippen molar-refractivity contribution in [3.63, 3.8) is 0 Å². The van der Waals surface area contributed by atoms with Crippen LogP contribution in [0.15, 0.2) is 36.7 Å². The Morgan fingerprint density at radius 1 is 1.41 bits per heavy atom. The number of aromatic nitrogens is 1. The number of rotatable bonds is 3. The number of nitro groups is 1. The number of hydrogen-bond acceptors (Lipinski definition) is 6. The topological polar surface area (TPSA) is 134 Å². The van der Waals surface area contributed by atoms with Gasteiger partial charge in [0.2, 0.25) is 5.75 Å². The molecule has 1 aromatic heterocycles. The van der Waals surface area contributed by atoms with E-state index in [9.17, 15) is 25.5 Å². The summed E-state index contributed by atoms with van der Waals surface area (Å²) in [4.78, 5) is 9.95. The second-order valence-electron chi connectivity index (χ2n) is 4.29. The highest BCUT2D eigenvalue weighted by Crippen LogP contribution is 2.36. The van der Waals surface area contributed by atoms with Crippen molar-refractivity contribution in [2.45, 2.75) is 0 Å². The molecule has 2 rings (SSSR count). The zero-order chi connectivity index (χ0) is 16.3. The largest absolute Gasteiger partial charge is 0.619 e. The molecular weight excluding hydrogens is 290 g/mol. The molecule has 22 heavy (non-hydrogen) atoms. The summed E-state index contributed by atoms with van der Waals surface area (Å²) < 4.78 is 0.511. The molecule has 0 amide bonds. The van der Waals surface area contributed by atoms with Crippen LogP contribution < -0.4 is 4.73 Å². The fourth-order valence-corrected chi connectivity index (χ4v) is 1.81. The van der Waals surface area contributed by atoms with Gasteiger partial charge in [-0.3, -0.25) is 10.1 Å². The van der Waals surface area contributed by atoms with Gasteiger partial charge in [0.25, 0.3) is 0 Å². The molecule has 0 atom stereocenters. The van der Waals surface area contributed by atoms with Gasteiger partial charge in [0.05, 0.1) is 16.1 Å². The fourth-order valence-electron chi connectivity index (χ4n) is 1.81. The van der Waals surface area contributed by atoms with Gasteiger partial charge < -0.3 is 15.4 Å². The highest BCUT2D eigenvalue weighted by molar-refractivity contribution is 5.89. The van der Waals surface area contributed by atoms with Crippen LogP contribution in [-0.2, 0) is 0 Å². The van der Waals surface area contributed by atoms with Gasteiger partial charge in [-0.2, -0.15) is 9.99 Å². The maximum Gasteiger partial charge on any atom is 0.315 e. The summed E-state index contributed by atoms with van der Waals surface area (Å²) in [6.07, 6.45) is 3.68. The lowest BCUT2D eigenvalue weighted by atomic mass is 10.0. The van der Waals surface area contributed by atoms with Crippen molar-refractivity contribution in [1.29, 1.82) is 5.26 Å². The number of phenols is 2. The zero-order valence-electron chi connectivity index (χ0n) is 11.0. The molecule has 0 unspecified atom stereocenters. The Hall–Kier alpha value is -3.60. The minimum absolute atomic E-state index is 0.0737. The Morgan fingerprint density at radius 3 is 2.73 bits per heavy atom. The normalized spacial score (nSPS) is 11.0. The first kappa shape index (κ1) is 14.8. The van der Waals surface area contributed by atoms with E-state index in [1.54, 1.807) is 0 Å². The quantitative estimate of drug-likeness (QED) is 0.221. The Balaban J connectivity index is 2.56. The molecule has 0 aliphatic carbocycles. The van der Waals surface area contributed by atoms with Crippen LogP contribution in [0.25, 0.3) is 11.6 Å². The molecule has 2 aromatic rings. The van der Waals surface area contributed by atoms with Crippen LogP contribution in [-0.4, -0.2) is 15.1 Å². The maximum absolute atomic E-state index is 11.2. The van der Waals surface area contributed by atoms with E-state index in [4.69, 9.17) is 5.26 Å². The molecule has 0 saturated carbocycles. The molecule has 0 spiro atoms. The Bertz CT molecular complexity index is 824. The lowest BCUT2D eigenvalue weighted by Crippen LogP contribution is -2.24. The van der Waals surface area contributed by atoms with E-state index in [1.165, 1.54) is 30.6 Å². The molecule has 0 bridgehead atoms. The lowest BCUT2D eigenvalue weighted by molar-refractivity contribution is -0.605. The first-order valence-corrected chi connectivity index (χ1v) is 5.93. The van der Waals surface area contributed by atoms with Gasteiger partial charge in [0.15, 0.2) is 18.1 Å². The van der Waals surface area contributed by atoms with E-state index in [1.807, 2.05) is 6.07 Å². The van der Waals surface area contributed by atoms with Gasteiger partial charge >= 0.3 is 5.69 Å². The number of nitrogens with zero attached hydrogens (tertiary/aromatic N) is 3. The summed E-state index contributed by atoms with van der Waals surface area (Å²) in [6.45, 7) is 0. The molecule has 0 radical (unpaired) electrons. The predicted molar refractivity (Wildman–Crippen MR) is 75.3 cm³/mol. The molecule has 0 fully saturated rings. The summed E-state index contributed by atoms with van der Waals surface area (Å²) in [5.74, 6) is -1.53. The third-order valence-corrected chi connectivity index (χ3v) is 2.81. The minimum Gasteiger partial charge on any atom is -0.619 e. The smallest absolute Gasteiger partial charge is 0.315 e. The van der Waals surface area contributed by atoms with E-state index < -0.39 is 22.1 Å². The van der Waals surface area contributed by atoms with Gasteiger partial charge in [-0.1, -0.05) is 0 Å². The number of hydrogen-bond donors (Lipinski definition) is 2. The number of aromatic hydroxyl groups is 2. The number of nitro benzene ring substituents is 1. The number of benzene rings is 1. The molecule has 110 valence electrons. The van der Waals surface area contributed by atoms with Gasteiger partial charge in [-0.15, -0.1) is 0 Å². The number of allylic oxidation sites excluding steroid dienone is 1. The van der Waals surface area contributed by atoms with Gasteiger partial charge in [-0.25, -0.2) is 0 Å². The molecule has 0 aliphatic heterocycles. The molecule has 8 heteroatoms. The average molecular weight is 299 g/mol. The first-order chi connectivity index (χ1) is 10.4. The highest BCUT2D eigenvalue weighted by atomic mass is 16.6.